The Hall–Kier alpha value is 0.110. The molecule has 1 unspecified atom stereocenters. The Morgan fingerprint density at radius 3 is 2.36 bits per heavy atom. The van der Waals surface area contributed by atoms with E-state index in [-0.39, 0.29) is 0 Å². The lowest BCUT2D eigenvalue weighted by atomic mass is 10.4. The van der Waals surface area contributed by atoms with Gasteiger partial charge in [0.2, 0.25) is 0 Å². The highest BCUT2D eigenvalue weighted by molar-refractivity contribution is 7.52. The molecule has 0 aromatic carbocycles. The van der Waals surface area contributed by atoms with Crippen LogP contribution in [0.2, 0.25) is 0 Å². The molecule has 0 radical (unpaired) electrons. The topological polar surface area (TPSA) is 44.8 Å². The van der Waals surface area contributed by atoms with Gasteiger partial charge in [-0.15, -0.1) is 0 Å². The SMILES string of the molecule is CCCCOCCOP(C)(=O)OCC. The maximum atomic E-state index is 11.4. The van der Waals surface area contributed by atoms with E-state index in [2.05, 4.69) is 6.92 Å². The molecule has 0 aromatic rings. The number of unbranched alkanes of at least 4 members (excludes halogenated alkanes) is 1. The number of hydrogen-bond acceptors (Lipinski definition) is 4. The van der Waals surface area contributed by atoms with Crippen LogP contribution in [0, 0.1) is 0 Å². The first-order valence-electron chi connectivity index (χ1n) is 5.06. The molecule has 0 N–H and O–H groups in total. The van der Waals surface area contributed by atoms with Crippen LogP contribution in [0.3, 0.4) is 0 Å². The zero-order valence-corrected chi connectivity index (χ0v) is 10.2. The summed E-state index contributed by atoms with van der Waals surface area (Å²) >= 11 is 0. The monoisotopic (exact) mass is 224 g/mol. The highest BCUT2D eigenvalue weighted by Gasteiger charge is 2.14. The van der Waals surface area contributed by atoms with E-state index in [1.165, 1.54) is 6.66 Å². The number of ether oxygens (including phenoxy) is 1. The maximum Gasteiger partial charge on any atom is 0.327 e. The molecule has 0 spiro atoms. The largest absolute Gasteiger partial charge is 0.379 e. The summed E-state index contributed by atoms with van der Waals surface area (Å²) in [7, 11) is -2.83. The molecule has 0 bridgehead atoms. The van der Waals surface area contributed by atoms with Crippen LogP contribution >= 0.6 is 7.60 Å². The van der Waals surface area contributed by atoms with Crippen molar-refractivity contribution in [1.29, 1.82) is 0 Å². The average molecular weight is 224 g/mol. The van der Waals surface area contributed by atoms with Crippen LogP contribution in [0.4, 0.5) is 0 Å². The zero-order chi connectivity index (χ0) is 10.9. The number of hydrogen-bond donors (Lipinski definition) is 0. The molecule has 14 heavy (non-hydrogen) atoms. The van der Waals surface area contributed by atoms with Crippen molar-refractivity contribution in [1.82, 2.24) is 0 Å². The summed E-state index contributed by atoms with van der Waals surface area (Å²) < 4.78 is 26.6. The summed E-state index contributed by atoms with van der Waals surface area (Å²) in [5.41, 5.74) is 0. The molecule has 0 aliphatic rings. The quantitative estimate of drug-likeness (QED) is 0.446. The fourth-order valence-corrected chi connectivity index (χ4v) is 1.83. The summed E-state index contributed by atoms with van der Waals surface area (Å²) in [5, 5.41) is 0. The van der Waals surface area contributed by atoms with Crippen LogP contribution < -0.4 is 0 Å². The van der Waals surface area contributed by atoms with Crippen molar-refractivity contribution in [2.75, 3.05) is 33.1 Å². The fourth-order valence-electron chi connectivity index (χ4n) is 0.882. The Labute approximate surface area is 86.5 Å². The molecule has 86 valence electrons. The maximum absolute atomic E-state index is 11.4. The van der Waals surface area contributed by atoms with Gasteiger partial charge in [0, 0.05) is 13.3 Å². The summed E-state index contributed by atoms with van der Waals surface area (Å²) in [6.45, 7) is 7.32. The van der Waals surface area contributed by atoms with Crippen molar-refractivity contribution in [2.45, 2.75) is 26.7 Å². The molecule has 0 saturated carbocycles. The molecule has 5 heteroatoms. The Morgan fingerprint density at radius 2 is 1.79 bits per heavy atom. The van der Waals surface area contributed by atoms with Crippen molar-refractivity contribution in [3.05, 3.63) is 0 Å². The van der Waals surface area contributed by atoms with E-state index in [1.807, 2.05) is 0 Å². The lowest BCUT2D eigenvalue weighted by Gasteiger charge is -2.12. The minimum atomic E-state index is -2.83. The van der Waals surface area contributed by atoms with Crippen LogP contribution in [0.5, 0.6) is 0 Å². The zero-order valence-electron chi connectivity index (χ0n) is 9.32. The lowest BCUT2D eigenvalue weighted by molar-refractivity contribution is 0.0902. The predicted octanol–water partition coefficient (Wildman–Crippen LogP) is 2.68. The standard InChI is InChI=1S/C9H21O4P/c1-4-6-7-11-8-9-13-14(3,10)12-5-2/h4-9H2,1-3H3. The molecule has 0 aromatic heterocycles. The molecular formula is C9H21O4P. The Morgan fingerprint density at radius 1 is 1.07 bits per heavy atom. The minimum Gasteiger partial charge on any atom is -0.379 e. The van der Waals surface area contributed by atoms with Gasteiger partial charge in [-0.05, 0) is 13.3 Å². The molecule has 0 fully saturated rings. The molecule has 0 aliphatic carbocycles. The second-order valence-electron chi connectivity index (χ2n) is 2.99. The van der Waals surface area contributed by atoms with Crippen molar-refractivity contribution < 1.29 is 18.3 Å². The summed E-state index contributed by atoms with van der Waals surface area (Å²) in [5.74, 6) is 0. The Kier molecular flexibility index (Phi) is 8.49. The van der Waals surface area contributed by atoms with E-state index < -0.39 is 7.60 Å². The van der Waals surface area contributed by atoms with Gasteiger partial charge >= 0.3 is 7.60 Å². The van der Waals surface area contributed by atoms with Crippen LogP contribution in [0.15, 0.2) is 0 Å². The van der Waals surface area contributed by atoms with Crippen molar-refractivity contribution in [2.24, 2.45) is 0 Å². The lowest BCUT2D eigenvalue weighted by Crippen LogP contribution is -2.05. The van der Waals surface area contributed by atoms with E-state index in [0.29, 0.717) is 19.8 Å². The van der Waals surface area contributed by atoms with E-state index in [0.717, 1.165) is 19.4 Å². The second kappa shape index (κ2) is 8.42. The second-order valence-corrected chi connectivity index (χ2v) is 5.05. The first-order chi connectivity index (χ1) is 6.62. The van der Waals surface area contributed by atoms with Crippen LogP contribution in [-0.4, -0.2) is 33.1 Å². The highest BCUT2D eigenvalue weighted by Crippen LogP contribution is 2.43. The predicted molar refractivity (Wildman–Crippen MR) is 56.8 cm³/mol. The molecule has 0 heterocycles. The molecule has 0 saturated heterocycles. The Bertz CT molecular complexity index is 172. The van der Waals surface area contributed by atoms with Gasteiger partial charge in [-0.25, -0.2) is 0 Å². The first-order valence-corrected chi connectivity index (χ1v) is 7.05. The van der Waals surface area contributed by atoms with Crippen LogP contribution in [0.25, 0.3) is 0 Å². The van der Waals surface area contributed by atoms with Gasteiger partial charge in [0.15, 0.2) is 0 Å². The molecule has 0 aliphatic heterocycles. The minimum absolute atomic E-state index is 0.331. The van der Waals surface area contributed by atoms with Crippen molar-refractivity contribution in [3.63, 3.8) is 0 Å². The molecular weight excluding hydrogens is 203 g/mol. The van der Waals surface area contributed by atoms with Crippen LogP contribution in [0.1, 0.15) is 26.7 Å². The van der Waals surface area contributed by atoms with Gasteiger partial charge in [-0.1, -0.05) is 13.3 Å². The van der Waals surface area contributed by atoms with Crippen LogP contribution in [-0.2, 0) is 18.3 Å². The van der Waals surface area contributed by atoms with E-state index in [4.69, 9.17) is 13.8 Å². The molecule has 0 amide bonds. The normalized spacial score (nSPS) is 15.4. The van der Waals surface area contributed by atoms with Gasteiger partial charge in [-0.2, -0.15) is 0 Å². The highest BCUT2D eigenvalue weighted by atomic mass is 31.2. The fraction of sp³-hybridized carbons (Fsp3) is 1.00. The number of rotatable bonds is 9. The van der Waals surface area contributed by atoms with Gasteiger partial charge < -0.3 is 13.8 Å². The van der Waals surface area contributed by atoms with Gasteiger partial charge in [0.05, 0.1) is 19.8 Å². The van der Waals surface area contributed by atoms with Gasteiger partial charge in [-0.3, -0.25) is 4.57 Å². The third-order valence-corrected chi connectivity index (χ3v) is 2.94. The average Bonchev–Trinajstić information content (AvgIpc) is 2.11. The summed E-state index contributed by atoms with van der Waals surface area (Å²) in [6.07, 6.45) is 2.17. The van der Waals surface area contributed by atoms with Crippen molar-refractivity contribution >= 4 is 7.60 Å². The molecule has 1 atom stereocenters. The summed E-state index contributed by atoms with van der Waals surface area (Å²) in [6, 6.07) is 0. The third-order valence-electron chi connectivity index (χ3n) is 1.56. The van der Waals surface area contributed by atoms with E-state index >= 15 is 0 Å². The van der Waals surface area contributed by atoms with Gasteiger partial charge in [0.25, 0.3) is 0 Å². The van der Waals surface area contributed by atoms with E-state index in [9.17, 15) is 4.57 Å². The third kappa shape index (κ3) is 8.70. The van der Waals surface area contributed by atoms with Crippen molar-refractivity contribution in [3.8, 4) is 0 Å². The van der Waals surface area contributed by atoms with E-state index in [1.54, 1.807) is 6.92 Å². The molecule has 0 rings (SSSR count). The first kappa shape index (κ1) is 14.1. The summed E-state index contributed by atoms with van der Waals surface area (Å²) in [4.78, 5) is 0. The Balaban J connectivity index is 3.30. The van der Waals surface area contributed by atoms with Gasteiger partial charge in [0.1, 0.15) is 0 Å². The molecule has 4 nitrogen and oxygen atoms in total. The smallest absolute Gasteiger partial charge is 0.327 e.